The van der Waals surface area contributed by atoms with Crippen LogP contribution in [-0.4, -0.2) is 25.7 Å². The quantitative estimate of drug-likeness (QED) is 0.636. The summed E-state index contributed by atoms with van der Waals surface area (Å²) in [5.41, 5.74) is -3.12. The predicted octanol–water partition coefficient (Wildman–Crippen LogP) is 2.49. The van der Waals surface area contributed by atoms with Crippen LogP contribution >= 0.6 is 0 Å². The molecule has 0 aliphatic heterocycles. The van der Waals surface area contributed by atoms with Crippen molar-refractivity contribution in [3.8, 4) is 0 Å². The lowest BCUT2D eigenvalue weighted by Gasteiger charge is -2.07. The van der Waals surface area contributed by atoms with E-state index >= 15 is 0 Å². The molecule has 0 radical (unpaired) electrons. The van der Waals surface area contributed by atoms with E-state index in [1.165, 1.54) is 0 Å². The zero-order valence-electron chi connectivity index (χ0n) is 8.88. The smallest absolute Gasteiger partial charge is 0.417 e. The van der Waals surface area contributed by atoms with Crippen LogP contribution in [0.3, 0.4) is 0 Å². The van der Waals surface area contributed by atoms with Crippen molar-refractivity contribution in [3.63, 3.8) is 0 Å². The number of aromatic nitrogens is 2. The molecule has 0 saturated carbocycles. The number of nitro benzene ring substituents is 1. The van der Waals surface area contributed by atoms with Crippen molar-refractivity contribution in [2.75, 3.05) is 0 Å². The standard InChI is InChI=1S/C9H4F3N3O4/c10-9(11,12)4-1-5-7(6(2-4)15(18)19)13-3-14(5)8(16)17/h1-3H,(H,16,17). The molecule has 0 saturated heterocycles. The molecule has 1 heterocycles. The number of halogens is 3. The van der Waals surface area contributed by atoms with Crippen LogP contribution in [0.25, 0.3) is 11.0 Å². The van der Waals surface area contributed by atoms with Crippen molar-refractivity contribution in [2.45, 2.75) is 6.18 Å². The molecule has 1 aromatic heterocycles. The first-order valence-corrected chi connectivity index (χ1v) is 4.68. The highest BCUT2D eigenvalue weighted by Gasteiger charge is 2.34. The van der Waals surface area contributed by atoms with Gasteiger partial charge in [0.05, 0.1) is 16.0 Å². The van der Waals surface area contributed by atoms with Crippen molar-refractivity contribution in [2.24, 2.45) is 0 Å². The Kier molecular flexibility index (Phi) is 2.65. The molecule has 19 heavy (non-hydrogen) atoms. The fourth-order valence-corrected chi connectivity index (χ4v) is 1.55. The van der Waals surface area contributed by atoms with E-state index in [9.17, 15) is 28.1 Å². The van der Waals surface area contributed by atoms with Gasteiger partial charge < -0.3 is 5.11 Å². The van der Waals surface area contributed by atoms with Gasteiger partial charge in [0.2, 0.25) is 0 Å². The summed E-state index contributed by atoms with van der Waals surface area (Å²) in [5, 5.41) is 19.5. The summed E-state index contributed by atoms with van der Waals surface area (Å²) >= 11 is 0. The van der Waals surface area contributed by atoms with Gasteiger partial charge in [-0.1, -0.05) is 0 Å². The second kappa shape index (κ2) is 3.93. The van der Waals surface area contributed by atoms with E-state index < -0.39 is 39.5 Å². The van der Waals surface area contributed by atoms with Crippen molar-refractivity contribution in [1.29, 1.82) is 0 Å². The molecule has 0 fully saturated rings. The zero-order chi connectivity index (χ0) is 14.4. The van der Waals surface area contributed by atoms with Gasteiger partial charge in [0.25, 0.3) is 5.69 Å². The SMILES string of the molecule is O=C(O)n1cnc2c([N+](=O)[O-])cc(C(F)(F)F)cc21. The first-order chi connectivity index (χ1) is 8.71. The normalized spacial score (nSPS) is 11.7. The minimum absolute atomic E-state index is 0.321. The summed E-state index contributed by atoms with van der Waals surface area (Å²) in [5.74, 6) is 0. The van der Waals surface area contributed by atoms with E-state index in [2.05, 4.69) is 4.98 Å². The number of nitro groups is 1. The van der Waals surface area contributed by atoms with E-state index in [1.54, 1.807) is 0 Å². The summed E-state index contributed by atoms with van der Waals surface area (Å²) in [6.45, 7) is 0. The van der Waals surface area contributed by atoms with E-state index in [1.807, 2.05) is 0 Å². The van der Waals surface area contributed by atoms with Gasteiger partial charge >= 0.3 is 12.3 Å². The van der Waals surface area contributed by atoms with Gasteiger partial charge in [0.15, 0.2) is 5.52 Å². The van der Waals surface area contributed by atoms with Crippen molar-refractivity contribution >= 4 is 22.8 Å². The molecule has 2 aromatic rings. The lowest BCUT2D eigenvalue weighted by molar-refractivity contribution is -0.383. The monoisotopic (exact) mass is 275 g/mol. The third-order valence-electron chi connectivity index (χ3n) is 2.36. The molecular weight excluding hydrogens is 271 g/mol. The number of rotatable bonds is 1. The largest absolute Gasteiger partial charge is 0.464 e. The van der Waals surface area contributed by atoms with Crippen LogP contribution < -0.4 is 0 Å². The Labute approximate surface area is 102 Å². The molecule has 0 bridgehead atoms. The fraction of sp³-hybridized carbons (Fsp3) is 0.111. The maximum Gasteiger partial charge on any atom is 0.417 e. The second-order valence-electron chi connectivity index (χ2n) is 3.52. The Morgan fingerprint density at radius 3 is 2.53 bits per heavy atom. The number of imidazole rings is 1. The lowest BCUT2D eigenvalue weighted by Crippen LogP contribution is -2.09. The van der Waals surface area contributed by atoms with Gasteiger partial charge in [-0.25, -0.2) is 14.3 Å². The van der Waals surface area contributed by atoms with Gasteiger partial charge in [-0.2, -0.15) is 13.2 Å². The molecule has 10 heteroatoms. The molecule has 1 N–H and O–H groups in total. The first kappa shape index (κ1) is 12.8. The van der Waals surface area contributed by atoms with Crippen molar-refractivity contribution in [1.82, 2.24) is 9.55 Å². The summed E-state index contributed by atoms with van der Waals surface area (Å²) < 4.78 is 38.2. The summed E-state index contributed by atoms with van der Waals surface area (Å²) in [7, 11) is 0. The Balaban J connectivity index is 2.86. The summed E-state index contributed by atoms with van der Waals surface area (Å²) in [6, 6.07) is 0.824. The number of benzene rings is 1. The number of hydrogen-bond donors (Lipinski definition) is 1. The molecular formula is C9H4F3N3O4. The molecule has 1 aromatic carbocycles. The number of nitrogens with zero attached hydrogens (tertiary/aromatic N) is 3. The third kappa shape index (κ3) is 2.07. The highest BCUT2D eigenvalue weighted by Crippen LogP contribution is 2.35. The van der Waals surface area contributed by atoms with Gasteiger partial charge in [0, 0.05) is 6.07 Å². The lowest BCUT2D eigenvalue weighted by atomic mass is 10.1. The first-order valence-electron chi connectivity index (χ1n) is 4.68. The van der Waals surface area contributed by atoms with E-state index in [0.29, 0.717) is 23.0 Å². The third-order valence-corrected chi connectivity index (χ3v) is 2.36. The van der Waals surface area contributed by atoms with Crippen LogP contribution in [0, 0.1) is 10.1 Å². The second-order valence-corrected chi connectivity index (χ2v) is 3.52. The van der Waals surface area contributed by atoms with Crippen LogP contribution in [0.15, 0.2) is 18.5 Å². The maximum atomic E-state index is 12.6. The van der Waals surface area contributed by atoms with Crippen LogP contribution in [0.2, 0.25) is 0 Å². The van der Waals surface area contributed by atoms with Crippen molar-refractivity contribution in [3.05, 3.63) is 34.1 Å². The molecule has 0 aliphatic rings. The zero-order valence-corrected chi connectivity index (χ0v) is 8.88. The van der Waals surface area contributed by atoms with Crippen LogP contribution in [0.1, 0.15) is 5.56 Å². The van der Waals surface area contributed by atoms with Gasteiger partial charge in [-0.05, 0) is 6.07 Å². The number of hydrogen-bond acceptors (Lipinski definition) is 4. The Hall–Kier alpha value is -2.65. The molecule has 7 nitrogen and oxygen atoms in total. The highest BCUT2D eigenvalue weighted by atomic mass is 19.4. The van der Waals surface area contributed by atoms with Gasteiger partial charge in [0.1, 0.15) is 6.33 Å². The highest BCUT2D eigenvalue weighted by molar-refractivity contribution is 5.91. The molecule has 0 aliphatic carbocycles. The van der Waals surface area contributed by atoms with Gasteiger partial charge in [-0.15, -0.1) is 0 Å². The molecule has 0 spiro atoms. The number of carboxylic acid groups (broad SMARTS) is 1. The average molecular weight is 275 g/mol. The minimum atomic E-state index is -4.83. The summed E-state index contributed by atoms with van der Waals surface area (Å²) in [6.07, 6.45) is -5.71. The Morgan fingerprint density at radius 2 is 2.05 bits per heavy atom. The average Bonchev–Trinajstić information content (AvgIpc) is 2.69. The minimum Gasteiger partial charge on any atom is -0.464 e. The van der Waals surface area contributed by atoms with Crippen LogP contribution in [0.5, 0.6) is 0 Å². The molecule has 0 unspecified atom stereocenters. The maximum absolute atomic E-state index is 12.6. The summed E-state index contributed by atoms with van der Waals surface area (Å²) in [4.78, 5) is 23.9. The molecule has 0 amide bonds. The molecule has 0 atom stereocenters. The van der Waals surface area contributed by atoms with Crippen LogP contribution in [-0.2, 0) is 6.18 Å². The predicted molar refractivity (Wildman–Crippen MR) is 54.8 cm³/mol. The van der Waals surface area contributed by atoms with E-state index in [4.69, 9.17) is 5.11 Å². The fourth-order valence-electron chi connectivity index (χ4n) is 1.55. The topological polar surface area (TPSA) is 98.3 Å². The number of alkyl halides is 3. The molecule has 2 rings (SSSR count). The number of non-ortho nitro benzene ring substituents is 1. The van der Waals surface area contributed by atoms with Gasteiger partial charge in [-0.3, -0.25) is 10.1 Å². The van der Waals surface area contributed by atoms with Crippen LogP contribution in [0.4, 0.5) is 23.7 Å². The van der Waals surface area contributed by atoms with E-state index in [0.717, 1.165) is 0 Å². The number of carbonyl (C=O) groups is 1. The molecule has 100 valence electrons. The Bertz CT molecular complexity index is 692. The number of fused-ring (bicyclic) bond motifs is 1. The Morgan fingerprint density at radius 1 is 1.42 bits per heavy atom. The van der Waals surface area contributed by atoms with E-state index in [-0.39, 0.29) is 0 Å². The van der Waals surface area contributed by atoms with Crippen molar-refractivity contribution < 1.29 is 28.0 Å².